The van der Waals surface area contributed by atoms with Crippen molar-refractivity contribution in [3.63, 3.8) is 0 Å². The molecule has 3 rings (SSSR count). The summed E-state index contributed by atoms with van der Waals surface area (Å²) in [5.41, 5.74) is 9.41. The monoisotopic (exact) mass is 404 g/mol. The van der Waals surface area contributed by atoms with Gasteiger partial charge in [0.1, 0.15) is 0 Å². The first kappa shape index (κ1) is 22.4. The molecule has 1 amide bonds. The number of carbonyl (C=O) groups is 1. The number of rotatable bonds is 8. The number of hydrogen-bond donors (Lipinski definition) is 2. The Bertz CT molecular complexity index is 721. The Morgan fingerprint density at radius 2 is 1.68 bits per heavy atom. The number of nitrogens with two attached hydrogens (primary N) is 1. The molecule has 1 unspecified atom stereocenters. The minimum absolute atomic E-state index is 0. The summed E-state index contributed by atoms with van der Waals surface area (Å²) < 4.78 is 11.1. The minimum Gasteiger partial charge on any atom is -0.381 e. The molecule has 0 aromatic heterocycles. The van der Waals surface area contributed by atoms with Crippen molar-refractivity contribution in [3.05, 3.63) is 71.3 Å². The van der Waals surface area contributed by atoms with Gasteiger partial charge in [-0.05, 0) is 35.4 Å². The van der Waals surface area contributed by atoms with E-state index >= 15 is 0 Å². The van der Waals surface area contributed by atoms with Gasteiger partial charge in [0.15, 0.2) is 0 Å². The lowest BCUT2D eigenvalue weighted by atomic mass is 9.92. The molecular formula is C22H29ClN2O3. The Balaban J connectivity index is 0.00000280. The number of amides is 1. The van der Waals surface area contributed by atoms with Gasteiger partial charge >= 0.3 is 0 Å². The van der Waals surface area contributed by atoms with E-state index in [1.165, 1.54) is 0 Å². The summed E-state index contributed by atoms with van der Waals surface area (Å²) in [7, 11) is 0. The highest BCUT2D eigenvalue weighted by molar-refractivity contribution is 5.85. The molecule has 2 aromatic rings. The number of halogens is 1. The molecule has 1 fully saturated rings. The molecule has 0 radical (unpaired) electrons. The van der Waals surface area contributed by atoms with Crippen LogP contribution < -0.4 is 11.1 Å². The zero-order valence-corrected chi connectivity index (χ0v) is 16.8. The molecule has 1 aliphatic rings. The summed E-state index contributed by atoms with van der Waals surface area (Å²) in [4.78, 5) is 12.3. The van der Waals surface area contributed by atoms with Gasteiger partial charge in [-0.1, -0.05) is 54.6 Å². The number of carbonyl (C=O) groups excluding carboxylic acids is 1. The predicted molar refractivity (Wildman–Crippen MR) is 112 cm³/mol. The van der Waals surface area contributed by atoms with Crippen molar-refractivity contribution >= 4 is 18.3 Å². The predicted octanol–water partition coefficient (Wildman–Crippen LogP) is 3.20. The van der Waals surface area contributed by atoms with E-state index in [-0.39, 0.29) is 24.2 Å². The van der Waals surface area contributed by atoms with Crippen molar-refractivity contribution in [2.75, 3.05) is 13.2 Å². The van der Waals surface area contributed by atoms with Gasteiger partial charge < -0.3 is 20.5 Å². The van der Waals surface area contributed by atoms with E-state index in [1.54, 1.807) is 0 Å². The lowest BCUT2D eigenvalue weighted by Gasteiger charge is -2.26. The first-order valence-electron chi connectivity index (χ1n) is 9.53. The fraction of sp³-hybridized carbons (Fsp3) is 0.409. The molecule has 152 valence electrons. The second-order valence-electron chi connectivity index (χ2n) is 6.99. The Hall–Kier alpha value is -1.92. The number of ether oxygens (including phenoxy) is 2. The third-order valence-corrected chi connectivity index (χ3v) is 4.91. The van der Waals surface area contributed by atoms with Crippen LogP contribution in [0.1, 0.15) is 29.5 Å². The van der Waals surface area contributed by atoms with E-state index in [2.05, 4.69) is 11.4 Å². The Kier molecular flexibility index (Phi) is 9.44. The number of benzene rings is 2. The fourth-order valence-corrected chi connectivity index (χ4v) is 3.29. The van der Waals surface area contributed by atoms with Crippen LogP contribution in [0.15, 0.2) is 54.6 Å². The largest absolute Gasteiger partial charge is 0.381 e. The Morgan fingerprint density at radius 1 is 1.04 bits per heavy atom. The van der Waals surface area contributed by atoms with Crippen LogP contribution in [0, 0.1) is 5.92 Å². The van der Waals surface area contributed by atoms with Gasteiger partial charge in [0.2, 0.25) is 5.91 Å². The highest BCUT2D eigenvalue weighted by Crippen LogP contribution is 2.17. The van der Waals surface area contributed by atoms with Crippen molar-refractivity contribution in [2.45, 2.75) is 38.6 Å². The van der Waals surface area contributed by atoms with Gasteiger partial charge in [0.25, 0.3) is 0 Å². The second-order valence-corrected chi connectivity index (χ2v) is 6.99. The molecule has 1 aliphatic heterocycles. The highest BCUT2D eigenvalue weighted by atomic mass is 35.5. The van der Waals surface area contributed by atoms with Gasteiger partial charge in [-0.2, -0.15) is 0 Å². The van der Waals surface area contributed by atoms with Crippen LogP contribution in [0.2, 0.25) is 0 Å². The van der Waals surface area contributed by atoms with E-state index in [0.717, 1.165) is 29.5 Å². The van der Waals surface area contributed by atoms with Gasteiger partial charge in [0, 0.05) is 19.8 Å². The van der Waals surface area contributed by atoms with Crippen molar-refractivity contribution in [1.29, 1.82) is 0 Å². The molecule has 0 aliphatic carbocycles. The first-order chi connectivity index (χ1) is 13.2. The molecule has 0 bridgehead atoms. The molecule has 2 aromatic carbocycles. The normalized spacial score (nSPS) is 15.5. The third kappa shape index (κ3) is 6.91. The summed E-state index contributed by atoms with van der Waals surface area (Å²) in [6.45, 7) is 2.98. The van der Waals surface area contributed by atoms with E-state index < -0.39 is 6.04 Å². The summed E-state index contributed by atoms with van der Waals surface area (Å²) in [6, 6.07) is 17.7. The number of hydrogen-bond acceptors (Lipinski definition) is 4. The van der Waals surface area contributed by atoms with Crippen molar-refractivity contribution < 1.29 is 14.3 Å². The lowest BCUT2D eigenvalue weighted by molar-refractivity contribution is -0.124. The van der Waals surface area contributed by atoms with Crippen LogP contribution in [0.25, 0.3) is 0 Å². The smallest absolute Gasteiger partial charge is 0.237 e. The molecule has 1 saturated heterocycles. The van der Waals surface area contributed by atoms with Crippen molar-refractivity contribution in [1.82, 2.24) is 5.32 Å². The van der Waals surface area contributed by atoms with E-state index in [4.69, 9.17) is 15.2 Å². The van der Waals surface area contributed by atoms with Crippen molar-refractivity contribution in [2.24, 2.45) is 11.7 Å². The molecule has 1 atom stereocenters. The molecule has 0 saturated carbocycles. The first-order valence-corrected chi connectivity index (χ1v) is 9.53. The van der Waals surface area contributed by atoms with Gasteiger partial charge in [-0.25, -0.2) is 0 Å². The van der Waals surface area contributed by atoms with E-state index in [1.807, 2.05) is 48.5 Å². The maximum atomic E-state index is 12.3. The molecular weight excluding hydrogens is 376 g/mol. The third-order valence-electron chi connectivity index (χ3n) is 4.91. The van der Waals surface area contributed by atoms with E-state index in [9.17, 15) is 4.79 Å². The quantitative estimate of drug-likeness (QED) is 0.708. The standard InChI is InChI=1S/C22H28N2O3.ClH/c23-21(20-9-11-26-12-10-20)22(25)24-14-18-7-4-8-19(13-18)16-27-15-17-5-2-1-3-6-17;/h1-8,13,20-21H,9-12,14-16,23H2,(H,24,25);1H. The maximum absolute atomic E-state index is 12.3. The van der Waals surface area contributed by atoms with Crippen LogP contribution in [0.3, 0.4) is 0 Å². The van der Waals surface area contributed by atoms with Gasteiger partial charge in [-0.3, -0.25) is 4.79 Å². The molecule has 0 spiro atoms. The average Bonchev–Trinajstić information content (AvgIpc) is 2.73. The fourth-order valence-electron chi connectivity index (χ4n) is 3.29. The molecule has 1 heterocycles. The van der Waals surface area contributed by atoms with Crippen molar-refractivity contribution in [3.8, 4) is 0 Å². The molecule has 6 heteroatoms. The summed E-state index contributed by atoms with van der Waals surface area (Å²) in [6.07, 6.45) is 1.70. The second kappa shape index (κ2) is 11.8. The van der Waals surface area contributed by atoms with Crippen LogP contribution in [-0.2, 0) is 34.0 Å². The average molecular weight is 405 g/mol. The zero-order chi connectivity index (χ0) is 18.9. The van der Waals surface area contributed by atoms with E-state index in [0.29, 0.717) is 33.0 Å². The van der Waals surface area contributed by atoms with Gasteiger partial charge in [-0.15, -0.1) is 12.4 Å². The van der Waals surface area contributed by atoms with Crippen LogP contribution >= 0.6 is 12.4 Å². The summed E-state index contributed by atoms with van der Waals surface area (Å²) >= 11 is 0. The summed E-state index contributed by atoms with van der Waals surface area (Å²) in [5.74, 6) is 0.115. The Morgan fingerprint density at radius 3 is 2.43 bits per heavy atom. The Labute approximate surface area is 173 Å². The van der Waals surface area contributed by atoms with Crippen LogP contribution in [0.5, 0.6) is 0 Å². The molecule has 3 N–H and O–H groups in total. The minimum atomic E-state index is -0.466. The molecule has 5 nitrogen and oxygen atoms in total. The SMILES string of the molecule is Cl.NC(C(=O)NCc1cccc(COCc2ccccc2)c1)C1CCOCC1. The maximum Gasteiger partial charge on any atom is 0.237 e. The van der Waals surface area contributed by atoms with Gasteiger partial charge in [0.05, 0.1) is 19.3 Å². The number of nitrogens with one attached hydrogen (secondary N) is 1. The lowest BCUT2D eigenvalue weighted by Crippen LogP contribution is -2.46. The highest BCUT2D eigenvalue weighted by Gasteiger charge is 2.26. The van der Waals surface area contributed by atoms with Crippen LogP contribution in [0.4, 0.5) is 0 Å². The summed E-state index contributed by atoms with van der Waals surface area (Å²) in [5, 5.41) is 2.96. The molecule has 28 heavy (non-hydrogen) atoms. The zero-order valence-electron chi connectivity index (χ0n) is 16.0. The topological polar surface area (TPSA) is 73.6 Å². The van der Waals surface area contributed by atoms with Crippen LogP contribution in [-0.4, -0.2) is 25.2 Å².